The standard InChI is InChI=1S/C18H18F2N2O6/c1-2-27-17(25)13-7-22(18(26)28-13)8-3-11(19)15(12(20)4-8)21-5-9-10(6-21)14(9)16(23)24/h3-4,9-10,13-14H,2,5-7H2,1H3,(H,23,24)/t9-,10+,13-,14?/m1/s1. The molecule has 2 saturated heterocycles. The summed E-state index contributed by atoms with van der Waals surface area (Å²) in [5, 5.41) is 9.05. The average molecular weight is 396 g/mol. The molecule has 4 rings (SSSR count). The van der Waals surface area contributed by atoms with Crippen LogP contribution in [0.2, 0.25) is 0 Å². The molecule has 8 nitrogen and oxygen atoms in total. The molecule has 2 aliphatic heterocycles. The van der Waals surface area contributed by atoms with E-state index in [1.165, 1.54) is 4.90 Å². The molecule has 1 aromatic carbocycles. The number of fused-ring (bicyclic) bond motifs is 1. The average Bonchev–Trinajstić information content (AvgIpc) is 2.95. The van der Waals surface area contributed by atoms with E-state index in [1.807, 2.05) is 0 Å². The number of halogens is 2. The first kappa shape index (κ1) is 18.5. The third-order valence-electron chi connectivity index (χ3n) is 5.47. The van der Waals surface area contributed by atoms with Gasteiger partial charge in [-0.2, -0.15) is 0 Å². The number of carbonyl (C=O) groups is 3. The summed E-state index contributed by atoms with van der Waals surface area (Å²) in [4.78, 5) is 37.2. The van der Waals surface area contributed by atoms with Crippen LogP contribution in [-0.4, -0.2) is 55.5 Å². The van der Waals surface area contributed by atoms with E-state index in [1.54, 1.807) is 6.92 Å². The van der Waals surface area contributed by atoms with Gasteiger partial charge in [0.1, 0.15) is 5.69 Å². The van der Waals surface area contributed by atoms with Gasteiger partial charge in [-0.1, -0.05) is 0 Å². The molecule has 3 fully saturated rings. The van der Waals surface area contributed by atoms with Crippen LogP contribution in [0, 0.1) is 29.4 Å². The van der Waals surface area contributed by atoms with E-state index in [0.717, 1.165) is 17.0 Å². The zero-order chi connectivity index (χ0) is 20.2. The number of hydrogen-bond donors (Lipinski definition) is 1. The van der Waals surface area contributed by atoms with Gasteiger partial charge < -0.3 is 19.5 Å². The van der Waals surface area contributed by atoms with Crippen molar-refractivity contribution in [2.24, 2.45) is 17.8 Å². The highest BCUT2D eigenvalue weighted by Crippen LogP contribution is 2.53. The number of rotatable bonds is 5. The zero-order valence-corrected chi connectivity index (χ0v) is 14.9. The molecule has 0 aromatic heterocycles. The van der Waals surface area contributed by atoms with Crippen molar-refractivity contribution in [3.05, 3.63) is 23.8 Å². The Morgan fingerprint density at radius 3 is 2.36 bits per heavy atom. The first-order valence-corrected chi connectivity index (χ1v) is 8.93. The quantitative estimate of drug-likeness (QED) is 0.756. The predicted octanol–water partition coefficient (Wildman–Crippen LogP) is 1.62. The van der Waals surface area contributed by atoms with Crippen LogP contribution in [0.5, 0.6) is 0 Å². The fraction of sp³-hybridized carbons (Fsp3) is 0.500. The number of carbonyl (C=O) groups excluding carboxylic acids is 2. The van der Waals surface area contributed by atoms with E-state index in [0.29, 0.717) is 0 Å². The summed E-state index contributed by atoms with van der Waals surface area (Å²) in [5.74, 6) is -3.98. The molecule has 2 heterocycles. The Morgan fingerprint density at radius 2 is 1.82 bits per heavy atom. The minimum atomic E-state index is -1.16. The number of nitrogens with zero attached hydrogens (tertiary/aromatic N) is 2. The van der Waals surface area contributed by atoms with Gasteiger partial charge in [-0.05, 0) is 18.8 Å². The molecular weight excluding hydrogens is 378 g/mol. The Bertz CT molecular complexity index is 827. The van der Waals surface area contributed by atoms with Crippen LogP contribution in [0.25, 0.3) is 0 Å². The van der Waals surface area contributed by atoms with Crippen LogP contribution < -0.4 is 9.80 Å². The molecule has 3 aliphatic rings. The number of cyclic esters (lactones) is 1. The van der Waals surface area contributed by atoms with Crippen molar-refractivity contribution in [2.75, 3.05) is 36.0 Å². The van der Waals surface area contributed by atoms with Gasteiger partial charge in [0.05, 0.1) is 24.8 Å². The maximum absolute atomic E-state index is 14.6. The molecule has 28 heavy (non-hydrogen) atoms. The molecule has 0 bridgehead atoms. The van der Waals surface area contributed by atoms with Crippen molar-refractivity contribution in [1.29, 1.82) is 0 Å². The number of carboxylic acids is 1. The fourth-order valence-electron chi connectivity index (χ4n) is 4.12. The summed E-state index contributed by atoms with van der Waals surface area (Å²) in [6.07, 6.45) is -2.05. The molecule has 0 radical (unpaired) electrons. The number of anilines is 2. The third kappa shape index (κ3) is 2.92. The van der Waals surface area contributed by atoms with E-state index >= 15 is 0 Å². The van der Waals surface area contributed by atoms with Crippen LogP contribution in [0.15, 0.2) is 12.1 Å². The summed E-state index contributed by atoms with van der Waals surface area (Å²) in [7, 11) is 0. The Balaban J connectivity index is 1.50. The van der Waals surface area contributed by atoms with Crippen molar-refractivity contribution in [1.82, 2.24) is 0 Å². The van der Waals surface area contributed by atoms with Crippen molar-refractivity contribution < 1.29 is 37.7 Å². The summed E-state index contributed by atoms with van der Waals surface area (Å²) in [5.41, 5.74) is -0.307. The van der Waals surface area contributed by atoms with Gasteiger partial charge in [0.25, 0.3) is 0 Å². The number of piperidine rings is 1. The molecule has 1 unspecified atom stereocenters. The summed E-state index contributed by atoms with van der Waals surface area (Å²) in [6.45, 7) is 2.06. The van der Waals surface area contributed by atoms with Crippen molar-refractivity contribution in [2.45, 2.75) is 13.0 Å². The van der Waals surface area contributed by atoms with E-state index in [2.05, 4.69) is 0 Å². The first-order valence-electron chi connectivity index (χ1n) is 8.93. The number of hydrogen-bond acceptors (Lipinski definition) is 6. The summed E-state index contributed by atoms with van der Waals surface area (Å²) >= 11 is 0. The molecule has 1 N–H and O–H groups in total. The van der Waals surface area contributed by atoms with Gasteiger partial charge in [-0.15, -0.1) is 0 Å². The lowest BCUT2D eigenvalue weighted by molar-refractivity contribution is -0.151. The SMILES string of the molecule is CCOC(=O)[C@H]1CN(c2cc(F)c(N3C[C@@H]4C(C(=O)O)[C@@H]4C3)c(F)c2)C(=O)O1. The molecule has 4 atom stereocenters. The molecule has 1 saturated carbocycles. The van der Waals surface area contributed by atoms with Gasteiger partial charge in [0.2, 0.25) is 6.10 Å². The monoisotopic (exact) mass is 396 g/mol. The number of aliphatic carboxylic acids is 1. The largest absolute Gasteiger partial charge is 0.481 e. The molecule has 10 heteroatoms. The van der Waals surface area contributed by atoms with Crippen LogP contribution in [-0.2, 0) is 19.1 Å². The van der Waals surface area contributed by atoms with Crippen molar-refractivity contribution in [3.63, 3.8) is 0 Å². The Kier molecular flexibility index (Phi) is 4.35. The van der Waals surface area contributed by atoms with E-state index < -0.39 is 41.7 Å². The summed E-state index contributed by atoms with van der Waals surface area (Å²) < 4.78 is 39.0. The van der Waals surface area contributed by atoms with Gasteiger partial charge in [-0.25, -0.2) is 18.4 Å². The fourth-order valence-corrected chi connectivity index (χ4v) is 4.12. The molecule has 150 valence electrons. The Hall–Kier alpha value is -2.91. The number of ether oxygens (including phenoxy) is 2. The number of esters is 1. The minimum absolute atomic E-state index is 0.0664. The highest BCUT2D eigenvalue weighted by Gasteiger charge is 2.60. The second kappa shape index (κ2) is 6.61. The molecule has 1 aliphatic carbocycles. The van der Waals surface area contributed by atoms with Crippen molar-refractivity contribution >= 4 is 29.4 Å². The lowest BCUT2D eigenvalue weighted by atomic mass is 10.2. The molecular formula is C18H18F2N2O6. The summed E-state index contributed by atoms with van der Waals surface area (Å²) in [6, 6.07) is 2.01. The lowest BCUT2D eigenvalue weighted by Crippen LogP contribution is -2.30. The maximum atomic E-state index is 14.6. The first-order chi connectivity index (χ1) is 13.3. The van der Waals surface area contributed by atoms with Gasteiger partial charge in [0, 0.05) is 25.2 Å². The zero-order valence-electron chi connectivity index (χ0n) is 14.9. The highest BCUT2D eigenvalue weighted by molar-refractivity contribution is 5.94. The van der Waals surface area contributed by atoms with Gasteiger partial charge >= 0.3 is 18.0 Å². The highest BCUT2D eigenvalue weighted by atomic mass is 19.1. The van der Waals surface area contributed by atoms with Crippen molar-refractivity contribution in [3.8, 4) is 0 Å². The smallest absolute Gasteiger partial charge is 0.415 e. The van der Waals surface area contributed by atoms with Crippen LogP contribution >= 0.6 is 0 Å². The molecule has 0 spiro atoms. The number of carboxylic acid groups (broad SMARTS) is 1. The molecule has 1 amide bonds. The van der Waals surface area contributed by atoms with E-state index in [9.17, 15) is 23.2 Å². The number of amides is 1. The van der Waals surface area contributed by atoms with Crippen LogP contribution in [0.3, 0.4) is 0 Å². The Morgan fingerprint density at radius 1 is 1.21 bits per heavy atom. The second-order valence-corrected chi connectivity index (χ2v) is 7.09. The second-order valence-electron chi connectivity index (χ2n) is 7.09. The normalized spacial score (nSPS) is 28.2. The third-order valence-corrected chi connectivity index (χ3v) is 5.47. The van der Waals surface area contributed by atoms with E-state index in [4.69, 9.17) is 14.6 Å². The van der Waals surface area contributed by atoms with E-state index in [-0.39, 0.29) is 49.5 Å². The molecule has 1 aromatic rings. The number of benzene rings is 1. The Labute approximate surface area is 158 Å². The lowest BCUT2D eigenvalue weighted by Gasteiger charge is -2.24. The van der Waals surface area contributed by atoms with Gasteiger partial charge in [-0.3, -0.25) is 9.69 Å². The van der Waals surface area contributed by atoms with Gasteiger partial charge in [0.15, 0.2) is 11.6 Å². The van der Waals surface area contributed by atoms with Crippen LogP contribution in [0.4, 0.5) is 25.0 Å². The predicted molar refractivity (Wildman–Crippen MR) is 90.9 cm³/mol. The van der Waals surface area contributed by atoms with Crippen LogP contribution in [0.1, 0.15) is 6.92 Å². The topological polar surface area (TPSA) is 96.4 Å². The minimum Gasteiger partial charge on any atom is -0.481 e. The maximum Gasteiger partial charge on any atom is 0.415 e.